The summed E-state index contributed by atoms with van der Waals surface area (Å²) in [6.45, 7) is 12.8. The Morgan fingerprint density at radius 1 is 0.794 bits per heavy atom. The molecule has 0 saturated carbocycles. The zero-order valence-electron chi connectivity index (χ0n) is 36.8. The third kappa shape index (κ3) is 12.5. The number of fused-ring (bicyclic) bond motifs is 3. The summed E-state index contributed by atoms with van der Waals surface area (Å²) in [5, 5.41) is 13.7. The van der Waals surface area contributed by atoms with Crippen LogP contribution in [0.3, 0.4) is 0 Å². The lowest BCUT2D eigenvalue weighted by atomic mass is 9.99. The molecule has 8 atom stereocenters. The lowest BCUT2D eigenvalue weighted by Gasteiger charge is -2.35. The van der Waals surface area contributed by atoms with Gasteiger partial charge in [-0.3, -0.25) is 53.0 Å². The Labute approximate surface area is 366 Å². The summed E-state index contributed by atoms with van der Waals surface area (Å²) in [5.74, 6) is -6.73. The van der Waals surface area contributed by atoms with Gasteiger partial charge in [0.2, 0.25) is 47.3 Å². The van der Waals surface area contributed by atoms with Crippen LogP contribution < -0.4 is 36.8 Å². The number of carbonyl (C=O) groups is 8. The van der Waals surface area contributed by atoms with Gasteiger partial charge in [-0.05, 0) is 82.5 Å². The summed E-state index contributed by atoms with van der Waals surface area (Å²) in [6, 6.07) is -3.49. The number of nitrogens with one attached hydrogen (secondary N) is 5. The van der Waals surface area contributed by atoms with Gasteiger partial charge in [-0.1, -0.05) is 39.8 Å². The Hall–Kier alpha value is -5.11. The molecule has 22 heteroatoms. The predicted molar refractivity (Wildman–Crippen MR) is 226 cm³/mol. The molecular weight excluding hydrogens is 841 g/mol. The van der Waals surface area contributed by atoms with Gasteiger partial charge in [-0.15, -0.1) is 0 Å². The van der Waals surface area contributed by atoms with Crippen LogP contribution in [0.4, 0.5) is 0 Å². The highest BCUT2D eigenvalue weighted by molar-refractivity contribution is 7.46. The molecule has 21 nitrogen and oxygen atoms in total. The molecule has 0 aromatic heterocycles. The Morgan fingerprint density at radius 2 is 1.37 bits per heavy atom. The highest BCUT2D eigenvalue weighted by atomic mass is 31.2. The molecular formula is C41H62N9O12P. The smallest absolute Gasteiger partial charge is 0.404 e. The van der Waals surface area contributed by atoms with E-state index in [1.165, 1.54) is 34.1 Å². The first kappa shape index (κ1) is 48.9. The van der Waals surface area contributed by atoms with E-state index < -0.39 is 121 Å². The van der Waals surface area contributed by atoms with Gasteiger partial charge in [0, 0.05) is 25.0 Å². The molecule has 63 heavy (non-hydrogen) atoms. The molecule has 0 aliphatic carbocycles. The minimum Gasteiger partial charge on any atom is -0.404 e. The van der Waals surface area contributed by atoms with Gasteiger partial charge >= 0.3 is 7.82 Å². The van der Waals surface area contributed by atoms with E-state index in [0.717, 1.165) is 0 Å². The van der Waals surface area contributed by atoms with E-state index in [0.29, 0.717) is 37.8 Å². The molecule has 1 aromatic rings. The number of nitrogens with zero attached hydrogens (tertiary/aromatic N) is 3. The van der Waals surface area contributed by atoms with Crippen molar-refractivity contribution in [2.75, 3.05) is 19.6 Å². The maximum atomic E-state index is 14.5. The van der Waals surface area contributed by atoms with Gasteiger partial charge < -0.3 is 46.6 Å². The quantitative estimate of drug-likeness (QED) is 0.107. The summed E-state index contributed by atoms with van der Waals surface area (Å²) < 4.78 is 16.1. The van der Waals surface area contributed by atoms with Crippen molar-refractivity contribution in [3.05, 3.63) is 29.8 Å². The Bertz CT molecular complexity index is 1990. The molecule has 348 valence electrons. The lowest BCUT2D eigenvalue weighted by Crippen LogP contribution is -2.62. The molecule has 8 amide bonds. The van der Waals surface area contributed by atoms with Gasteiger partial charge in [0.15, 0.2) is 0 Å². The molecule has 0 radical (unpaired) electrons. The highest BCUT2D eigenvalue weighted by Gasteiger charge is 2.55. The van der Waals surface area contributed by atoms with E-state index in [2.05, 4.69) is 31.1 Å². The number of rotatable bonds is 9. The fraction of sp³-hybridized carbons (Fsp3) is 0.659. The molecule has 0 bridgehead atoms. The van der Waals surface area contributed by atoms with Crippen molar-refractivity contribution in [1.29, 1.82) is 0 Å². The molecule has 4 heterocycles. The maximum absolute atomic E-state index is 14.5. The number of primary amides is 1. The van der Waals surface area contributed by atoms with Gasteiger partial charge in [-0.25, -0.2) is 4.57 Å². The van der Waals surface area contributed by atoms with Crippen LogP contribution in [0.2, 0.25) is 0 Å². The van der Waals surface area contributed by atoms with Crippen LogP contribution in [0.15, 0.2) is 24.3 Å². The van der Waals surface area contributed by atoms with Crippen molar-refractivity contribution in [3.8, 4) is 5.75 Å². The van der Waals surface area contributed by atoms with E-state index >= 15 is 0 Å². The summed E-state index contributed by atoms with van der Waals surface area (Å²) in [7, 11) is -4.88. The molecule has 7 unspecified atom stereocenters. The lowest BCUT2D eigenvalue weighted by molar-refractivity contribution is -0.145. The fourth-order valence-electron chi connectivity index (χ4n) is 8.49. The summed E-state index contributed by atoms with van der Waals surface area (Å²) in [5.41, 5.74) is 5.25. The molecule has 0 spiro atoms. The number of hydrogen-bond acceptors (Lipinski definition) is 11. The molecule has 5 rings (SSSR count). The van der Waals surface area contributed by atoms with Crippen molar-refractivity contribution in [3.63, 3.8) is 0 Å². The van der Waals surface area contributed by atoms with Crippen molar-refractivity contribution in [2.45, 2.75) is 141 Å². The number of phosphoric acid groups is 1. The standard InChI is InChI=1S/C41H62N9O12P/c1-21(2)31-37(55)44-26(19-30(42)51)35(53)46-32(22(3)4)40(58)49-17-9-11-28(49)39(57)50-20-29(50)33(38(56)47-41(5,6)7)48-16-8-10-27(48)36(54)43-25(34(52)45-31)18-23-12-14-24(15-13-23)62-63(59,60)61/h12-15,21-22,25-29,31-33H,8-11,16-20H2,1-7H3,(H2,42,51)(H,43,54)(H,44,55)(H,45,52)(H,46,53)(H,47,56)(H2,59,60,61)/t25-,26?,27?,28?,29?,31?,32?,33?,50?/m0/s1. The third-order valence-electron chi connectivity index (χ3n) is 11.6. The minimum atomic E-state index is -4.88. The number of hydrogen-bond donors (Lipinski definition) is 8. The van der Waals surface area contributed by atoms with Crippen LogP contribution >= 0.6 is 7.82 Å². The number of benzene rings is 1. The van der Waals surface area contributed by atoms with Crippen molar-refractivity contribution < 1.29 is 57.2 Å². The van der Waals surface area contributed by atoms with Crippen molar-refractivity contribution in [1.82, 2.24) is 41.3 Å². The topological polar surface area (TPSA) is 299 Å². The van der Waals surface area contributed by atoms with Crippen LogP contribution in [0.1, 0.15) is 86.1 Å². The van der Waals surface area contributed by atoms with E-state index in [1.54, 1.807) is 32.6 Å². The third-order valence-corrected chi connectivity index (χ3v) is 12.0. The number of amides is 8. The van der Waals surface area contributed by atoms with Crippen LogP contribution in [0.5, 0.6) is 5.75 Å². The normalized spacial score (nSPS) is 28.2. The first-order valence-electron chi connectivity index (χ1n) is 21.4. The highest BCUT2D eigenvalue weighted by Crippen LogP contribution is 2.38. The largest absolute Gasteiger partial charge is 0.524 e. The SMILES string of the molecule is CC(C)C1NC(=O)[C@H](Cc2ccc(OP(=O)(O)O)cc2)NC(=O)C2CCCN2C(C(=O)NC(C)(C)C)C2CN2C(=O)C2CCCN2C(=O)C(C(C)C)NC(=O)C(CC(N)=O)NC1=O. The average molecular weight is 904 g/mol. The van der Waals surface area contributed by atoms with Crippen LogP contribution in [-0.2, 0) is 49.3 Å². The number of carbonyl (C=O) groups excluding carboxylic acids is 8. The average Bonchev–Trinajstić information content (AvgIpc) is 3.52. The van der Waals surface area contributed by atoms with Gasteiger partial charge in [-0.2, -0.15) is 0 Å². The fourth-order valence-corrected chi connectivity index (χ4v) is 8.89. The van der Waals surface area contributed by atoms with E-state index in [1.807, 2.05) is 20.8 Å². The van der Waals surface area contributed by atoms with Gasteiger partial charge in [0.25, 0.3) is 0 Å². The van der Waals surface area contributed by atoms with Gasteiger partial charge in [0.1, 0.15) is 42.0 Å². The zero-order chi connectivity index (χ0) is 46.7. The first-order valence-corrected chi connectivity index (χ1v) is 22.9. The van der Waals surface area contributed by atoms with Crippen molar-refractivity contribution >= 4 is 55.1 Å². The minimum absolute atomic E-state index is 0.155. The van der Waals surface area contributed by atoms with E-state index in [4.69, 9.17) is 5.73 Å². The molecule has 1 aromatic carbocycles. The maximum Gasteiger partial charge on any atom is 0.524 e. The first-order chi connectivity index (χ1) is 29.3. The van der Waals surface area contributed by atoms with E-state index in [-0.39, 0.29) is 31.2 Å². The Balaban J connectivity index is 1.57. The van der Waals surface area contributed by atoms with Crippen molar-refractivity contribution in [2.24, 2.45) is 17.6 Å². The second-order valence-electron chi connectivity index (χ2n) is 18.5. The number of phosphoric ester groups is 1. The molecule has 4 aliphatic rings. The Morgan fingerprint density at radius 3 is 1.95 bits per heavy atom. The molecule has 4 aliphatic heterocycles. The second kappa shape index (κ2) is 19.7. The predicted octanol–water partition coefficient (Wildman–Crippen LogP) is -1.21. The summed E-state index contributed by atoms with van der Waals surface area (Å²) in [6.07, 6.45) is 0.802. The summed E-state index contributed by atoms with van der Waals surface area (Å²) >= 11 is 0. The Kier molecular flexibility index (Phi) is 15.3. The molecule has 4 saturated heterocycles. The molecule has 4 fully saturated rings. The summed E-state index contributed by atoms with van der Waals surface area (Å²) in [4.78, 5) is 135. The second-order valence-corrected chi connectivity index (χ2v) is 19.7. The van der Waals surface area contributed by atoms with Crippen LogP contribution in [0.25, 0.3) is 0 Å². The monoisotopic (exact) mass is 903 g/mol. The van der Waals surface area contributed by atoms with E-state index in [9.17, 15) is 52.7 Å². The number of nitrogens with two attached hydrogens (primary N) is 1. The molecule has 9 N–H and O–H groups in total. The van der Waals surface area contributed by atoms with Gasteiger partial charge in [0.05, 0.1) is 18.5 Å². The van der Waals surface area contributed by atoms with Crippen LogP contribution in [-0.4, -0.2) is 145 Å². The zero-order valence-corrected chi connectivity index (χ0v) is 37.7. The van der Waals surface area contributed by atoms with Crippen LogP contribution in [0, 0.1) is 11.8 Å².